The quantitative estimate of drug-likeness (QED) is 0.729. The van der Waals surface area contributed by atoms with Crippen LogP contribution in [0.4, 0.5) is 0 Å². The lowest BCUT2D eigenvalue weighted by Gasteiger charge is -2.35. The van der Waals surface area contributed by atoms with E-state index in [1.54, 1.807) is 0 Å². The predicted molar refractivity (Wildman–Crippen MR) is 60.7 cm³/mol. The Hall–Kier alpha value is -1.06. The molecule has 4 heteroatoms. The first-order chi connectivity index (χ1) is 7.68. The van der Waals surface area contributed by atoms with E-state index in [4.69, 9.17) is 0 Å². The molecule has 0 aromatic heterocycles. The van der Waals surface area contributed by atoms with Gasteiger partial charge >= 0.3 is 0 Å². The predicted octanol–water partition coefficient (Wildman–Crippen LogP) is 0.817. The van der Waals surface area contributed by atoms with E-state index in [1.807, 2.05) is 0 Å². The van der Waals surface area contributed by atoms with E-state index in [0.717, 1.165) is 0 Å². The maximum Gasteiger partial charge on any atom is 0.243 e. The van der Waals surface area contributed by atoms with Gasteiger partial charge in [-0.3, -0.25) is 9.59 Å². The van der Waals surface area contributed by atoms with E-state index in [-0.39, 0.29) is 30.3 Å². The van der Waals surface area contributed by atoms with Crippen LogP contribution in [0.15, 0.2) is 0 Å². The van der Waals surface area contributed by atoms with Crippen molar-refractivity contribution in [2.24, 2.45) is 11.8 Å². The summed E-state index contributed by atoms with van der Waals surface area (Å²) in [7, 11) is 0. The van der Waals surface area contributed by atoms with Crippen LogP contribution in [-0.2, 0) is 9.59 Å². The number of carbonyl (C=O) groups excluding carboxylic acids is 2. The van der Waals surface area contributed by atoms with Gasteiger partial charge in [-0.25, -0.2) is 0 Å². The summed E-state index contributed by atoms with van der Waals surface area (Å²) in [4.78, 5) is 23.0. The Morgan fingerprint density at radius 1 is 1.19 bits per heavy atom. The van der Waals surface area contributed by atoms with E-state index in [1.165, 1.54) is 32.1 Å². The van der Waals surface area contributed by atoms with Crippen LogP contribution in [0.25, 0.3) is 0 Å². The SMILES string of the molecule is CC(C1CCCCC1)C1NC(=O)CNC1=O. The van der Waals surface area contributed by atoms with Crippen LogP contribution in [-0.4, -0.2) is 24.4 Å². The van der Waals surface area contributed by atoms with Crippen molar-refractivity contribution in [2.75, 3.05) is 6.54 Å². The van der Waals surface area contributed by atoms with Gasteiger partial charge in [-0.2, -0.15) is 0 Å². The summed E-state index contributed by atoms with van der Waals surface area (Å²) < 4.78 is 0. The van der Waals surface area contributed by atoms with Gasteiger partial charge in [0.05, 0.1) is 6.54 Å². The zero-order chi connectivity index (χ0) is 11.5. The van der Waals surface area contributed by atoms with Gasteiger partial charge in [-0.1, -0.05) is 39.0 Å². The van der Waals surface area contributed by atoms with Crippen LogP contribution < -0.4 is 10.6 Å². The van der Waals surface area contributed by atoms with Gasteiger partial charge in [0.15, 0.2) is 0 Å². The molecule has 0 spiro atoms. The van der Waals surface area contributed by atoms with Gasteiger partial charge in [0, 0.05) is 0 Å². The van der Waals surface area contributed by atoms with E-state index >= 15 is 0 Å². The fourth-order valence-electron chi connectivity index (χ4n) is 2.87. The van der Waals surface area contributed by atoms with Gasteiger partial charge < -0.3 is 10.6 Å². The third-order valence-corrected chi connectivity index (χ3v) is 3.94. The molecule has 1 saturated heterocycles. The van der Waals surface area contributed by atoms with Crippen molar-refractivity contribution in [3.63, 3.8) is 0 Å². The third kappa shape index (κ3) is 2.36. The molecule has 2 aliphatic rings. The summed E-state index contributed by atoms with van der Waals surface area (Å²) in [5.74, 6) is 0.761. The van der Waals surface area contributed by atoms with E-state index in [9.17, 15) is 9.59 Å². The molecule has 0 radical (unpaired) electrons. The molecule has 2 fully saturated rings. The zero-order valence-electron chi connectivity index (χ0n) is 9.79. The highest BCUT2D eigenvalue weighted by Gasteiger charge is 2.35. The zero-order valence-corrected chi connectivity index (χ0v) is 9.79. The van der Waals surface area contributed by atoms with Crippen molar-refractivity contribution in [3.05, 3.63) is 0 Å². The Morgan fingerprint density at radius 2 is 1.88 bits per heavy atom. The maximum atomic E-state index is 11.7. The van der Waals surface area contributed by atoms with Crippen LogP contribution in [0.2, 0.25) is 0 Å². The molecule has 0 aromatic carbocycles. The van der Waals surface area contributed by atoms with Crippen LogP contribution in [0.3, 0.4) is 0 Å². The lowest BCUT2D eigenvalue weighted by molar-refractivity contribution is -0.135. The van der Waals surface area contributed by atoms with Gasteiger partial charge in [0.2, 0.25) is 11.8 Å². The second kappa shape index (κ2) is 4.85. The van der Waals surface area contributed by atoms with Crippen LogP contribution in [0.1, 0.15) is 39.0 Å². The molecule has 90 valence electrons. The Kier molecular flexibility index (Phi) is 3.46. The summed E-state index contributed by atoms with van der Waals surface area (Å²) in [6, 6.07) is -0.315. The Bertz CT molecular complexity index is 285. The molecule has 2 atom stereocenters. The molecular weight excluding hydrogens is 204 g/mol. The second-order valence-electron chi connectivity index (χ2n) is 5.02. The first-order valence-electron chi connectivity index (χ1n) is 6.25. The Labute approximate surface area is 96.2 Å². The lowest BCUT2D eigenvalue weighted by Crippen LogP contribution is -2.59. The lowest BCUT2D eigenvalue weighted by atomic mass is 9.77. The van der Waals surface area contributed by atoms with Crippen molar-refractivity contribution in [1.82, 2.24) is 10.6 Å². The Balaban J connectivity index is 1.98. The highest BCUT2D eigenvalue weighted by molar-refractivity contribution is 5.94. The van der Waals surface area contributed by atoms with Crippen molar-refractivity contribution in [1.29, 1.82) is 0 Å². The maximum absolute atomic E-state index is 11.7. The minimum Gasteiger partial charge on any atom is -0.345 e. The molecule has 4 nitrogen and oxygen atoms in total. The number of hydrogen-bond acceptors (Lipinski definition) is 2. The highest BCUT2D eigenvalue weighted by atomic mass is 16.2. The third-order valence-electron chi connectivity index (χ3n) is 3.94. The van der Waals surface area contributed by atoms with Crippen molar-refractivity contribution >= 4 is 11.8 Å². The normalized spacial score (nSPS) is 29.4. The van der Waals surface area contributed by atoms with Crippen LogP contribution in [0, 0.1) is 11.8 Å². The molecule has 1 saturated carbocycles. The van der Waals surface area contributed by atoms with E-state index in [2.05, 4.69) is 17.6 Å². The van der Waals surface area contributed by atoms with Gasteiger partial charge in [0.25, 0.3) is 0 Å². The van der Waals surface area contributed by atoms with E-state index in [0.29, 0.717) is 5.92 Å². The number of piperazine rings is 1. The summed E-state index contributed by atoms with van der Waals surface area (Å²) in [6.07, 6.45) is 6.22. The second-order valence-corrected chi connectivity index (χ2v) is 5.02. The average Bonchev–Trinajstić information content (AvgIpc) is 2.32. The van der Waals surface area contributed by atoms with Gasteiger partial charge in [-0.15, -0.1) is 0 Å². The monoisotopic (exact) mass is 224 g/mol. The molecule has 1 aliphatic carbocycles. The highest BCUT2D eigenvalue weighted by Crippen LogP contribution is 2.31. The van der Waals surface area contributed by atoms with E-state index < -0.39 is 0 Å². The first kappa shape index (κ1) is 11.4. The molecule has 0 bridgehead atoms. The fraction of sp³-hybridized carbons (Fsp3) is 0.833. The molecule has 2 rings (SSSR count). The number of hydrogen-bond donors (Lipinski definition) is 2. The summed E-state index contributed by atoms with van der Waals surface area (Å²) in [5, 5.41) is 5.46. The number of rotatable bonds is 2. The largest absolute Gasteiger partial charge is 0.345 e. The molecule has 2 unspecified atom stereocenters. The van der Waals surface area contributed by atoms with Crippen LogP contribution in [0.5, 0.6) is 0 Å². The molecular formula is C12H20N2O2. The summed E-state index contributed by atoms with van der Waals surface area (Å²) in [5.41, 5.74) is 0. The van der Waals surface area contributed by atoms with Gasteiger partial charge in [-0.05, 0) is 11.8 Å². The topological polar surface area (TPSA) is 58.2 Å². The number of amides is 2. The molecule has 0 aromatic rings. The fourth-order valence-corrected chi connectivity index (χ4v) is 2.87. The smallest absolute Gasteiger partial charge is 0.243 e. The van der Waals surface area contributed by atoms with Crippen molar-refractivity contribution < 1.29 is 9.59 Å². The Morgan fingerprint density at radius 3 is 2.56 bits per heavy atom. The average molecular weight is 224 g/mol. The first-order valence-corrected chi connectivity index (χ1v) is 6.25. The van der Waals surface area contributed by atoms with Crippen molar-refractivity contribution in [2.45, 2.75) is 45.1 Å². The molecule has 1 heterocycles. The minimum absolute atomic E-state index is 0.0160. The molecule has 16 heavy (non-hydrogen) atoms. The number of nitrogens with one attached hydrogen (secondary N) is 2. The summed E-state index contributed by atoms with van der Waals surface area (Å²) >= 11 is 0. The standard InChI is InChI=1S/C12H20N2O2/c1-8(9-5-3-2-4-6-9)11-12(16)13-7-10(15)14-11/h8-9,11H,2-7H2,1H3,(H,13,16)(H,14,15). The molecule has 2 amide bonds. The summed E-state index contributed by atoms with van der Waals surface area (Å²) in [6.45, 7) is 2.22. The number of carbonyl (C=O) groups is 2. The minimum atomic E-state index is -0.315. The van der Waals surface area contributed by atoms with Crippen LogP contribution >= 0.6 is 0 Å². The van der Waals surface area contributed by atoms with Gasteiger partial charge in [0.1, 0.15) is 6.04 Å². The van der Waals surface area contributed by atoms with Crippen molar-refractivity contribution in [3.8, 4) is 0 Å². The molecule has 2 N–H and O–H groups in total. The molecule has 1 aliphatic heterocycles.